The molecule has 0 heterocycles. The molecule has 0 saturated carbocycles. The Morgan fingerprint density at radius 1 is 1.41 bits per heavy atom. The Labute approximate surface area is 103 Å². The van der Waals surface area contributed by atoms with Gasteiger partial charge in [-0.3, -0.25) is 0 Å². The lowest BCUT2D eigenvalue weighted by atomic mass is 10.2. The van der Waals surface area contributed by atoms with Gasteiger partial charge in [-0.15, -0.1) is 0 Å². The average Bonchev–Trinajstić information content (AvgIpc) is 2.32. The monoisotopic (exact) mass is 240 g/mol. The third kappa shape index (κ3) is 3.98. The minimum absolute atomic E-state index is 0.171. The third-order valence-electron chi connectivity index (χ3n) is 2.68. The van der Waals surface area contributed by atoms with Gasteiger partial charge in [-0.05, 0) is 31.7 Å². The van der Waals surface area contributed by atoms with E-state index in [9.17, 15) is 4.39 Å². The Morgan fingerprint density at radius 2 is 2.18 bits per heavy atom. The van der Waals surface area contributed by atoms with Crippen LogP contribution in [0, 0.1) is 5.82 Å². The van der Waals surface area contributed by atoms with Crippen molar-refractivity contribution < 1.29 is 9.13 Å². The van der Waals surface area contributed by atoms with Gasteiger partial charge in [0, 0.05) is 26.7 Å². The van der Waals surface area contributed by atoms with Crippen LogP contribution in [-0.2, 0) is 11.3 Å². The summed E-state index contributed by atoms with van der Waals surface area (Å²) >= 11 is 0. The molecule has 1 aromatic rings. The minimum atomic E-state index is -0.171. The smallest absolute Gasteiger partial charge is 0.146 e. The van der Waals surface area contributed by atoms with E-state index in [2.05, 4.69) is 5.32 Å². The first-order valence-corrected chi connectivity index (χ1v) is 5.89. The number of anilines is 1. The Morgan fingerprint density at radius 3 is 2.71 bits per heavy atom. The highest BCUT2D eigenvalue weighted by Gasteiger charge is 2.10. The van der Waals surface area contributed by atoms with Gasteiger partial charge < -0.3 is 15.0 Å². The molecule has 1 rings (SSSR count). The predicted octanol–water partition coefficient (Wildman–Crippen LogP) is 2.02. The summed E-state index contributed by atoms with van der Waals surface area (Å²) in [5.41, 5.74) is 1.60. The lowest BCUT2D eigenvalue weighted by Gasteiger charge is -2.23. The highest BCUT2D eigenvalue weighted by molar-refractivity contribution is 5.49. The Hall–Kier alpha value is -1.13. The molecular weight excluding hydrogens is 219 g/mol. The van der Waals surface area contributed by atoms with Crippen LogP contribution in [-0.4, -0.2) is 33.9 Å². The van der Waals surface area contributed by atoms with Gasteiger partial charge in [-0.1, -0.05) is 6.07 Å². The number of hydrogen-bond donors (Lipinski definition) is 1. The quantitative estimate of drug-likeness (QED) is 0.789. The maximum atomic E-state index is 13.9. The van der Waals surface area contributed by atoms with Crippen molar-refractivity contribution in [2.45, 2.75) is 13.5 Å². The summed E-state index contributed by atoms with van der Waals surface area (Å²) in [5, 5.41) is 3.01. The van der Waals surface area contributed by atoms with Gasteiger partial charge in [0.2, 0.25) is 0 Å². The highest BCUT2D eigenvalue weighted by Crippen LogP contribution is 2.20. The Balaban J connectivity index is 2.81. The molecule has 4 heteroatoms. The number of nitrogens with one attached hydrogen (secondary N) is 1. The van der Waals surface area contributed by atoms with Crippen LogP contribution in [0.5, 0.6) is 0 Å². The maximum Gasteiger partial charge on any atom is 0.146 e. The number of rotatable bonds is 7. The molecule has 0 fully saturated rings. The van der Waals surface area contributed by atoms with Gasteiger partial charge in [0.1, 0.15) is 5.82 Å². The first-order valence-electron chi connectivity index (χ1n) is 5.89. The van der Waals surface area contributed by atoms with E-state index in [1.165, 1.54) is 0 Å². The zero-order chi connectivity index (χ0) is 12.7. The van der Waals surface area contributed by atoms with Crippen molar-refractivity contribution >= 4 is 5.69 Å². The second-order valence-corrected chi connectivity index (χ2v) is 3.89. The summed E-state index contributed by atoms with van der Waals surface area (Å²) in [6.45, 7) is 4.77. The van der Waals surface area contributed by atoms with Gasteiger partial charge >= 0.3 is 0 Å². The predicted molar refractivity (Wildman–Crippen MR) is 68.9 cm³/mol. The molecule has 96 valence electrons. The maximum absolute atomic E-state index is 13.9. The largest absolute Gasteiger partial charge is 0.383 e. The second kappa shape index (κ2) is 7.25. The fourth-order valence-electron chi connectivity index (χ4n) is 1.77. The van der Waals surface area contributed by atoms with E-state index in [4.69, 9.17) is 4.74 Å². The van der Waals surface area contributed by atoms with E-state index in [0.29, 0.717) is 25.4 Å². The summed E-state index contributed by atoms with van der Waals surface area (Å²) in [6, 6.07) is 5.37. The molecule has 0 aliphatic rings. The average molecular weight is 240 g/mol. The van der Waals surface area contributed by atoms with Crippen molar-refractivity contribution in [3.8, 4) is 0 Å². The van der Waals surface area contributed by atoms with Crippen LogP contribution in [0.15, 0.2) is 18.2 Å². The molecule has 0 aliphatic carbocycles. The molecule has 17 heavy (non-hydrogen) atoms. The second-order valence-electron chi connectivity index (χ2n) is 3.89. The van der Waals surface area contributed by atoms with Crippen LogP contribution < -0.4 is 10.2 Å². The first kappa shape index (κ1) is 13.9. The molecular formula is C13H21FN2O. The van der Waals surface area contributed by atoms with E-state index < -0.39 is 0 Å². The fraction of sp³-hybridized carbons (Fsp3) is 0.538. The molecule has 0 bridgehead atoms. The van der Waals surface area contributed by atoms with Crippen molar-refractivity contribution in [3.05, 3.63) is 29.6 Å². The molecule has 0 atom stereocenters. The third-order valence-corrected chi connectivity index (χ3v) is 2.68. The molecule has 0 spiro atoms. The van der Waals surface area contributed by atoms with Crippen LogP contribution >= 0.6 is 0 Å². The number of nitrogens with zero attached hydrogens (tertiary/aromatic N) is 1. The van der Waals surface area contributed by atoms with Crippen LogP contribution in [0.4, 0.5) is 10.1 Å². The molecule has 0 unspecified atom stereocenters. The summed E-state index contributed by atoms with van der Waals surface area (Å²) in [4.78, 5) is 1.97. The molecule has 1 aromatic carbocycles. The van der Waals surface area contributed by atoms with Gasteiger partial charge in [-0.2, -0.15) is 0 Å². The summed E-state index contributed by atoms with van der Waals surface area (Å²) in [7, 11) is 3.50. The van der Waals surface area contributed by atoms with Crippen LogP contribution in [0.1, 0.15) is 12.5 Å². The summed E-state index contributed by atoms with van der Waals surface area (Å²) in [5.74, 6) is -0.171. The van der Waals surface area contributed by atoms with E-state index >= 15 is 0 Å². The lowest BCUT2D eigenvalue weighted by molar-refractivity contribution is 0.205. The normalized spacial score (nSPS) is 10.6. The number of hydrogen-bond acceptors (Lipinski definition) is 3. The Kier molecular flexibility index (Phi) is 5.94. The fourth-order valence-corrected chi connectivity index (χ4v) is 1.77. The zero-order valence-corrected chi connectivity index (χ0v) is 10.8. The number of likely N-dealkylation sites (N-methyl/N-ethyl adjacent to an activating group) is 1. The molecule has 0 aliphatic heterocycles. The van der Waals surface area contributed by atoms with Gasteiger partial charge in [0.15, 0.2) is 0 Å². The van der Waals surface area contributed by atoms with E-state index in [1.54, 1.807) is 13.2 Å². The van der Waals surface area contributed by atoms with Gasteiger partial charge in [-0.25, -0.2) is 4.39 Å². The number of ether oxygens (including phenoxy) is 1. The van der Waals surface area contributed by atoms with Crippen LogP contribution in [0.2, 0.25) is 0 Å². The van der Waals surface area contributed by atoms with E-state index in [-0.39, 0.29) is 5.82 Å². The van der Waals surface area contributed by atoms with Gasteiger partial charge in [0.25, 0.3) is 0 Å². The van der Waals surface area contributed by atoms with Crippen molar-refractivity contribution in [2.75, 3.05) is 38.8 Å². The number of methoxy groups -OCH3 is 1. The topological polar surface area (TPSA) is 24.5 Å². The van der Waals surface area contributed by atoms with Crippen LogP contribution in [0.25, 0.3) is 0 Å². The van der Waals surface area contributed by atoms with Gasteiger partial charge in [0.05, 0.1) is 12.3 Å². The Bertz CT molecular complexity index is 344. The molecule has 3 nitrogen and oxygen atoms in total. The minimum Gasteiger partial charge on any atom is -0.383 e. The lowest BCUT2D eigenvalue weighted by Crippen LogP contribution is -2.27. The van der Waals surface area contributed by atoms with E-state index in [0.717, 1.165) is 12.1 Å². The molecule has 1 N–H and O–H groups in total. The zero-order valence-electron chi connectivity index (χ0n) is 10.8. The molecule has 0 amide bonds. The van der Waals surface area contributed by atoms with Crippen molar-refractivity contribution in [1.29, 1.82) is 0 Å². The van der Waals surface area contributed by atoms with Crippen molar-refractivity contribution in [1.82, 2.24) is 5.32 Å². The van der Waals surface area contributed by atoms with E-state index in [1.807, 2.05) is 31.0 Å². The molecule has 0 aromatic heterocycles. The van der Waals surface area contributed by atoms with Crippen LogP contribution in [0.3, 0.4) is 0 Å². The number of halogens is 1. The van der Waals surface area contributed by atoms with Crippen molar-refractivity contribution in [2.24, 2.45) is 0 Å². The molecule has 0 radical (unpaired) electrons. The van der Waals surface area contributed by atoms with Crippen molar-refractivity contribution in [3.63, 3.8) is 0 Å². The highest BCUT2D eigenvalue weighted by atomic mass is 19.1. The standard InChI is InChI=1S/C13H21FN2O/c1-4-16(7-8-17-3)13-6-5-11(10-15-2)9-12(13)14/h5-6,9,15H,4,7-8,10H2,1-3H3. The number of benzene rings is 1. The molecule has 0 saturated heterocycles. The SMILES string of the molecule is CCN(CCOC)c1ccc(CNC)cc1F. The first-order chi connectivity index (χ1) is 8.22. The summed E-state index contributed by atoms with van der Waals surface area (Å²) < 4.78 is 19.0. The summed E-state index contributed by atoms with van der Waals surface area (Å²) in [6.07, 6.45) is 0.